The van der Waals surface area contributed by atoms with E-state index in [2.05, 4.69) is 25.9 Å². The normalized spacial score (nSPS) is 16.0. The minimum atomic E-state index is -0.274. The number of pyridine rings is 1. The van der Waals surface area contributed by atoms with Crippen LogP contribution in [-0.4, -0.2) is 46.0 Å². The van der Waals surface area contributed by atoms with Crippen molar-refractivity contribution in [2.24, 2.45) is 0 Å². The first-order valence-corrected chi connectivity index (χ1v) is 8.44. The Kier molecular flexibility index (Phi) is 5.04. The SMILES string of the molecule is Cc1ncccc1CN1CCN(c2ncnc(C(C)C)c2F)CC1. The van der Waals surface area contributed by atoms with Gasteiger partial charge in [0.05, 0.1) is 5.69 Å². The second-order valence-electron chi connectivity index (χ2n) is 6.56. The third-order valence-electron chi connectivity index (χ3n) is 4.53. The molecule has 0 aliphatic carbocycles. The minimum Gasteiger partial charge on any atom is -0.352 e. The molecule has 0 atom stereocenters. The molecule has 6 heteroatoms. The molecule has 1 aliphatic heterocycles. The highest BCUT2D eigenvalue weighted by atomic mass is 19.1. The smallest absolute Gasteiger partial charge is 0.187 e. The topological polar surface area (TPSA) is 45.2 Å². The van der Waals surface area contributed by atoms with Crippen molar-refractivity contribution in [2.45, 2.75) is 33.2 Å². The van der Waals surface area contributed by atoms with Crippen molar-refractivity contribution in [1.82, 2.24) is 19.9 Å². The van der Waals surface area contributed by atoms with Gasteiger partial charge in [0.1, 0.15) is 6.33 Å². The lowest BCUT2D eigenvalue weighted by Crippen LogP contribution is -2.46. The van der Waals surface area contributed by atoms with Gasteiger partial charge in [0.25, 0.3) is 0 Å². The average Bonchev–Trinajstić information content (AvgIpc) is 2.58. The first kappa shape index (κ1) is 16.8. The molecule has 3 heterocycles. The highest BCUT2D eigenvalue weighted by molar-refractivity contribution is 5.42. The molecule has 1 aliphatic rings. The van der Waals surface area contributed by atoms with Crippen LogP contribution in [0.3, 0.4) is 0 Å². The summed E-state index contributed by atoms with van der Waals surface area (Å²) in [6, 6.07) is 4.09. The molecule has 2 aromatic heterocycles. The van der Waals surface area contributed by atoms with Crippen LogP contribution in [0.1, 0.15) is 36.7 Å². The lowest BCUT2D eigenvalue weighted by molar-refractivity contribution is 0.247. The Balaban J connectivity index is 1.65. The maximum atomic E-state index is 14.6. The van der Waals surface area contributed by atoms with Crippen LogP contribution in [0, 0.1) is 12.7 Å². The number of nitrogens with zero attached hydrogens (tertiary/aromatic N) is 5. The van der Waals surface area contributed by atoms with Gasteiger partial charge in [-0.05, 0) is 24.5 Å². The summed E-state index contributed by atoms with van der Waals surface area (Å²) in [5, 5.41) is 0. The van der Waals surface area contributed by atoms with Crippen LogP contribution in [-0.2, 0) is 6.54 Å². The van der Waals surface area contributed by atoms with E-state index in [9.17, 15) is 4.39 Å². The lowest BCUT2D eigenvalue weighted by Gasteiger charge is -2.35. The van der Waals surface area contributed by atoms with Crippen molar-refractivity contribution in [3.8, 4) is 0 Å². The van der Waals surface area contributed by atoms with Crippen LogP contribution in [0.15, 0.2) is 24.7 Å². The maximum Gasteiger partial charge on any atom is 0.187 e. The van der Waals surface area contributed by atoms with Crippen molar-refractivity contribution >= 4 is 5.82 Å². The zero-order chi connectivity index (χ0) is 17.1. The largest absolute Gasteiger partial charge is 0.352 e. The lowest BCUT2D eigenvalue weighted by atomic mass is 10.1. The maximum absolute atomic E-state index is 14.6. The van der Waals surface area contributed by atoms with Crippen molar-refractivity contribution in [2.75, 3.05) is 31.1 Å². The fraction of sp³-hybridized carbons (Fsp3) is 0.500. The van der Waals surface area contributed by atoms with Gasteiger partial charge in [-0.15, -0.1) is 0 Å². The summed E-state index contributed by atoms with van der Waals surface area (Å²) >= 11 is 0. The van der Waals surface area contributed by atoms with Crippen LogP contribution < -0.4 is 4.90 Å². The van der Waals surface area contributed by atoms with Crippen molar-refractivity contribution in [3.63, 3.8) is 0 Å². The Morgan fingerprint density at radius 3 is 2.54 bits per heavy atom. The van der Waals surface area contributed by atoms with Crippen molar-refractivity contribution < 1.29 is 4.39 Å². The summed E-state index contributed by atoms with van der Waals surface area (Å²) in [4.78, 5) is 17.0. The van der Waals surface area contributed by atoms with E-state index < -0.39 is 0 Å². The first-order chi connectivity index (χ1) is 11.6. The Bertz CT molecular complexity index is 696. The second kappa shape index (κ2) is 7.21. The number of anilines is 1. The number of hydrogen-bond acceptors (Lipinski definition) is 5. The van der Waals surface area contributed by atoms with Crippen LogP contribution >= 0.6 is 0 Å². The van der Waals surface area contributed by atoms with Gasteiger partial charge >= 0.3 is 0 Å². The fourth-order valence-corrected chi connectivity index (χ4v) is 3.04. The molecular formula is C18H24FN5. The molecule has 2 aromatic rings. The molecule has 0 bridgehead atoms. The molecule has 0 aromatic carbocycles. The standard InChI is InChI=1S/C18H24FN5/c1-13(2)17-16(19)18(22-12-21-17)24-9-7-23(8-10-24)11-15-5-4-6-20-14(15)3/h4-6,12-13H,7-11H2,1-3H3. The predicted octanol–water partition coefficient (Wildman–Crippen LogP) is 2.76. The predicted molar refractivity (Wildman–Crippen MR) is 92.5 cm³/mol. The Hall–Kier alpha value is -2.08. The molecule has 0 spiro atoms. The third kappa shape index (κ3) is 3.53. The molecule has 5 nitrogen and oxygen atoms in total. The summed E-state index contributed by atoms with van der Waals surface area (Å²) < 4.78 is 14.6. The average molecular weight is 329 g/mol. The molecule has 24 heavy (non-hydrogen) atoms. The molecule has 3 rings (SSSR count). The number of piperazine rings is 1. The molecule has 0 N–H and O–H groups in total. The molecular weight excluding hydrogens is 305 g/mol. The van der Waals surface area contributed by atoms with Gasteiger partial charge < -0.3 is 4.90 Å². The van der Waals surface area contributed by atoms with Gasteiger partial charge in [-0.3, -0.25) is 9.88 Å². The molecule has 0 unspecified atom stereocenters. The zero-order valence-electron chi connectivity index (χ0n) is 14.5. The van der Waals surface area contributed by atoms with Gasteiger partial charge in [0.15, 0.2) is 11.6 Å². The van der Waals surface area contributed by atoms with Crippen LogP contribution in [0.4, 0.5) is 10.2 Å². The van der Waals surface area contributed by atoms with E-state index in [1.165, 1.54) is 11.9 Å². The monoisotopic (exact) mass is 329 g/mol. The zero-order valence-corrected chi connectivity index (χ0v) is 14.5. The molecule has 0 amide bonds. The number of aryl methyl sites for hydroxylation is 1. The van der Waals surface area contributed by atoms with Crippen LogP contribution in [0.2, 0.25) is 0 Å². The Morgan fingerprint density at radius 1 is 1.12 bits per heavy atom. The summed E-state index contributed by atoms with van der Waals surface area (Å²) in [5.41, 5.74) is 2.82. The molecule has 1 fully saturated rings. The number of rotatable bonds is 4. The van der Waals surface area contributed by atoms with Gasteiger partial charge in [0, 0.05) is 44.6 Å². The van der Waals surface area contributed by atoms with Gasteiger partial charge in [-0.2, -0.15) is 0 Å². The van der Waals surface area contributed by atoms with Gasteiger partial charge in [-0.1, -0.05) is 19.9 Å². The minimum absolute atomic E-state index is 0.0570. The Morgan fingerprint density at radius 2 is 1.88 bits per heavy atom. The van der Waals surface area contributed by atoms with E-state index in [1.54, 1.807) is 0 Å². The van der Waals surface area contributed by atoms with E-state index in [0.29, 0.717) is 11.5 Å². The van der Waals surface area contributed by atoms with Crippen LogP contribution in [0.25, 0.3) is 0 Å². The first-order valence-electron chi connectivity index (χ1n) is 8.44. The Labute approximate surface area is 142 Å². The molecule has 0 radical (unpaired) electrons. The van der Waals surface area contributed by atoms with Crippen LogP contribution in [0.5, 0.6) is 0 Å². The molecule has 128 valence electrons. The highest BCUT2D eigenvalue weighted by Gasteiger charge is 2.23. The molecule has 1 saturated heterocycles. The van der Waals surface area contributed by atoms with E-state index in [4.69, 9.17) is 0 Å². The number of hydrogen-bond donors (Lipinski definition) is 0. The number of halogens is 1. The highest BCUT2D eigenvalue weighted by Crippen LogP contribution is 2.24. The van der Waals surface area contributed by atoms with Crippen molar-refractivity contribution in [1.29, 1.82) is 0 Å². The van der Waals surface area contributed by atoms with E-state index in [0.717, 1.165) is 38.4 Å². The fourth-order valence-electron chi connectivity index (χ4n) is 3.04. The number of aromatic nitrogens is 3. The van der Waals surface area contributed by atoms with Gasteiger partial charge in [-0.25, -0.2) is 14.4 Å². The van der Waals surface area contributed by atoms with E-state index in [-0.39, 0.29) is 11.7 Å². The third-order valence-corrected chi connectivity index (χ3v) is 4.53. The molecule has 0 saturated carbocycles. The summed E-state index contributed by atoms with van der Waals surface area (Å²) in [6.07, 6.45) is 3.29. The van der Waals surface area contributed by atoms with E-state index >= 15 is 0 Å². The van der Waals surface area contributed by atoms with E-state index in [1.807, 2.05) is 37.9 Å². The summed E-state index contributed by atoms with van der Waals surface area (Å²) in [6.45, 7) is 10.1. The van der Waals surface area contributed by atoms with Crippen molar-refractivity contribution in [3.05, 3.63) is 47.4 Å². The second-order valence-corrected chi connectivity index (χ2v) is 6.56. The quantitative estimate of drug-likeness (QED) is 0.863. The van der Waals surface area contributed by atoms with Gasteiger partial charge in [0.2, 0.25) is 0 Å². The summed E-state index contributed by atoms with van der Waals surface area (Å²) in [5.74, 6) is 0.219. The summed E-state index contributed by atoms with van der Waals surface area (Å²) in [7, 11) is 0.